The standard InChI is InChI=1S/C5HF3/c1-2-3-4-5(6,7)8/h1H. The van der Waals surface area contributed by atoms with Crippen LogP contribution in [0.5, 0.6) is 0 Å². The van der Waals surface area contributed by atoms with Crippen LogP contribution in [0.25, 0.3) is 0 Å². The molecular formula is C5HF3. The van der Waals surface area contributed by atoms with Crippen LogP contribution in [-0.2, 0) is 0 Å². The number of hydrogen-bond donors (Lipinski definition) is 0. The number of alkyl halides is 3. The summed E-state index contributed by atoms with van der Waals surface area (Å²) in [6.45, 7) is 0. The molecule has 0 aromatic rings. The van der Waals surface area contributed by atoms with Gasteiger partial charge in [-0.3, -0.25) is 0 Å². The van der Waals surface area contributed by atoms with Crippen LogP contribution in [0.15, 0.2) is 0 Å². The third-order valence-corrected chi connectivity index (χ3v) is 0.276. The summed E-state index contributed by atoms with van der Waals surface area (Å²) in [7, 11) is 0. The molecule has 0 aromatic heterocycles. The maximum absolute atomic E-state index is 11.0. The van der Waals surface area contributed by atoms with Crippen LogP contribution in [0, 0.1) is 24.2 Å². The Kier molecular flexibility index (Phi) is 1.97. The van der Waals surface area contributed by atoms with E-state index in [-0.39, 0.29) is 0 Å². The summed E-state index contributed by atoms with van der Waals surface area (Å²) in [5.41, 5.74) is 0. The first-order valence-electron chi connectivity index (χ1n) is 1.61. The van der Waals surface area contributed by atoms with Crippen molar-refractivity contribution in [3.05, 3.63) is 0 Å². The minimum absolute atomic E-state index is 0.885. The maximum atomic E-state index is 11.0. The molecule has 0 fully saturated rings. The lowest BCUT2D eigenvalue weighted by molar-refractivity contribution is -0.0696. The Morgan fingerprint density at radius 3 is 1.88 bits per heavy atom. The molecular weight excluding hydrogens is 117 g/mol. The predicted molar refractivity (Wildman–Crippen MR) is 22.7 cm³/mol. The van der Waals surface area contributed by atoms with E-state index < -0.39 is 6.18 Å². The molecule has 0 rings (SSSR count). The summed E-state index contributed by atoms with van der Waals surface area (Å²) >= 11 is 0. The van der Waals surface area contributed by atoms with Gasteiger partial charge in [-0.15, -0.1) is 6.42 Å². The Morgan fingerprint density at radius 2 is 1.75 bits per heavy atom. The van der Waals surface area contributed by atoms with Crippen LogP contribution in [0.1, 0.15) is 0 Å². The normalized spacial score (nSPS) is 8.75. The second kappa shape index (κ2) is 2.28. The summed E-state index contributed by atoms with van der Waals surface area (Å²) in [6.07, 6.45) is -0.0399. The van der Waals surface area contributed by atoms with Crippen molar-refractivity contribution in [2.45, 2.75) is 6.18 Å². The fourth-order valence-corrected chi connectivity index (χ4v) is 0.107. The van der Waals surface area contributed by atoms with Gasteiger partial charge in [0.2, 0.25) is 0 Å². The average Bonchev–Trinajstić information content (AvgIpc) is 1.59. The van der Waals surface area contributed by atoms with Gasteiger partial charge in [0.25, 0.3) is 0 Å². The summed E-state index contributed by atoms with van der Waals surface area (Å²) in [5, 5.41) is 0. The molecule has 0 spiro atoms. The van der Waals surface area contributed by atoms with Crippen molar-refractivity contribution >= 4 is 0 Å². The minimum Gasteiger partial charge on any atom is -0.159 e. The molecule has 0 saturated heterocycles. The van der Waals surface area contributed by atoms with Gasteiger partial charge in [0.15, 0.2) is 0 Å². The van der Waals surface area contributed by atoms with Gasteiger partial charge >= 0.3 is 6.18 Å². The van der Waals surface area contributed by atoms with Gasteiger partial charge in [0, 0.05) is 5.92 Å². The Balaban J connectivity index is 3.93. The molecule has 42 valence electrons. The molecule has 0 radical (unpaired) electrons. The Bertz CT molecular complexity index is 159. The number of rotatable bonds is 0. The lowest BCUT2D eigenvalue weighted by Gasteiger charge is -1.88. The van der Waals surface area contributed by atoms with Crippen LogP contribution >= 0.6 is 0 Å². The van der Waals surface area contributed by atoms with Crippen LogP contribution in [0.3, 0.4) is 0 Å². The van der Waals surface area contributed by atoms with E-state index in [4.69, 9.17) is 0 Å². The molecule has 0 N–H and O–H groups in total. The molecule has 0 unspecified atom stereocenters. The molecule has 0 atom stereocenters. The van der Waals surface area contributed by atoms with Crippen LogP contribution in [0.4, 0.5) is 13.2 Å². The second-order valence-electron chi connectivity index (χ2n) is 0.892. The van der Waals surface area contributed by atoms with Crippen LogP contribution < -0.4 is 0 Å². The first-order chi connectivity index (χ1) is 3.56. The summed E-state index contributed by atoms with van der Waals surface area (Å²) < 4.78 is 32.9. The largest absolute Gasteiger partial charge is 0.458 e. The first kappa shape index (κ1) is 6.91. The molecule has 0 bridgehead atoms. The van der Waals surface area contributed by atoms with Crippen molar-refractivity contribution < 1.29 is 13.2 Å². The summed E-state index contributed by atoms with van der Waals surface area (Å²) in [5.74, 6) is 3.87. The van der Waals surface area contributed by atoms with E-state index in [1.165, 1.54) is 5.92 Å². The van der Waals surface area contributed by atoms with Crippen LogP contribution in [-0.4, -0.2) is 6.18 Å². The van der Waals surface area contributed by atoms with Crippen LogP contribution in [0.2, 0.25) is 0 Å². The predicted octanol–water partition coefficient (Wildman–Crippen LogP) is 1.19. The highest BCUT2D eigenvalue weighted by molar-refractivity contribution is 5.23. The van der Waals surface area contributed by atoms with Crippen molar-refractivity contribution in [1.82, 2.24) is 0 Å². The third-order valence-electron chi connectivity index (χ3n) is 0.276. The van der Waals surface area contributed by atoms with Gasteiger partial charge in [-0.2, -0.15) is 13.2 Å². The van der Waals surface area contributed by atoms with Crippen molar-refractivity contribution in [3.63, 3.8) is 0 Å². The van der Waals surface area contributed by atoms with Gasteiger partial charge in [-0.1, -0.05) is 0 Å². The molecule has 0 aromatic carbocycles. The lowest BCUT2D eigenvalue weighted by Crippen LogP contribution is -2.00. The van der Waals surface area contributed by atoms with E-state index in [1.807, 2.05) is 0 Å². The van der Waals surface area contributed by atoms with Gasteiger partial charge in [0.05, 0.1) is 0 Å². The van der Waals surface area contributed by atoms with Gasteiger partial charge in [-0.25, -0.2) is 0 Å². The van der Waals surface area contributed by atoms with Gasteiger partial charge in [0.1, 0.15) is 0 Å². The summed E-state index contributed by atoms with van der Waals surface area (Å²) in [4.78, 5) is 0. The van der Waals surface area contributed by atoms with Gasteiger partial charge in [-0.05, 0) is 11.8 Å². The van der Waals surface area contributed by atoms with Crippen molar-refractivity contribution in [1.29, 1.82) is 0 Å². The van der Waals surface area contributed by atoms with E-state index >= 15 is 0 Å². The quantitative estimate of drug-likeness (QED) is 0.419. The molecule has 0 aliphatic rings. The van der Waals surface area contributed by atoms with Gasteiger partial charge < -0.3 is 0 Å². The molecule has 0 amide bonds. The molecule has 0 heterocycles. The zero-order chi connectivity index (χ0) is 6.62. The number of terminal acetylenes is 1. The van der Waals surface area contributed by atoms with Crippen molar-refractivity contribution in [2.75, 3.05) is 0 Å². The minimum atomic E-state index is -4.45. The van der Waals surface area contributed by atoms with Crippen molar-refractivity contribution in [3.8, 4) is 24.2 Å². The number of halogens is 3. The molecule has 8 heavy (non-hydrogen) atoms. The monoisotopic (exact) mass is 118 g/mol. The Hall–Kier alpha value is -1.09. The third kappa shape index (κ3) is 4.91. The molecule has 0 aliphatic carbocycles. The smallest absolute Gasteiger partial charge is 0.159 e. The SMILES string of the molecule is C#CC#CC(F)(F)F. The molecule has 0 aliphatic heterocycles. The van der Waals surface area contributed by atoms with E-state index in [0.717, 1.165) is 5.92 Å². The van der Waals surface area contributed by atoms with E-state index in [0.29, 0.717) is 0 Å². The zero-order valence-electron chi connectivity index (χ0n) is 3.71. The fourth-order valence-electron chi connectivity index (χ4n) is 0.107. The summed E-state index contributed by atoms with van der Waals surface area (Å²) in [6, 6.07) is 0. The highest BCUT2D eigenvalue weighted by Gasteiger charge is 2.22. The molecule has 0 saturated carbocycles. The van der Waals surface area contributed by atoms with E-state index in [2.05, 4.69) is 6.42 Å². The lowest BCUT2D eigenvalue weighted by atomic mass is 10.6. The second-order valence-corrected chi connectivity index (χ2v) is 0.892. The molecule has 0 nitrogen and oxygen atoms in total. The maximum Gasteiger partial charge on any atom is 0.458 e. The first-order valence-corrected chi connectivity index (χ1v) is 1.61. The topological polar surface area (TPSA) is 0 Å². The van der Waals surface area contributed by atoms with E-state index in [9.17, 15) is 13.2 Å². The highest BCUT2D eigenvalue weighted by Crippen LogP contribution is 2.11. The van der Waals surface area contributed by atoms with E-state index in [1.54, 1.807) is 5.92 Å². The zero-order valence-corrected chi connectivity index (χ0v) is 3.71. The van der Waals surface area contributed by atoms with Crippen molar-refractivity contribution in [2.24, 2.45) is 0 Å². The average molecular weight is 118 g/mol. The molecule has 3 heteroatoms. The Morgan fingerprint density at radius 1 is 1.25 bits per heavy atom. The Labute approximate surface area is 44.7 Å². The number of hydrogen-bond acceptors (Lipinski definition) is 0. The highest BCUT2D eigenvalue weighted by atomic mass is 19.4. The fraction of sp³-hybridized carbons (Fsp3) is 0.200.